The van der Waals surface area contributed by atoms with E-state index in [0.717, 1.165) is 0 Å². The molecule has 0 spiro atoms. The Morgan fingerprint density at radius 1 is 1.67 bits per heavy atom. The van der Waals surface area contributed by atoms with Crippen molar-refractivity contribution in [2.24, 2.45) is 5.92 Å². The molecule has 1 unspecified atom stereocenters. The van der Waals surface area contributed by atoms with Crippen molar-refractivity contribution in [2.45, 2.75) is 13.3 Å². The Balaban J connectivity index is 0. The van der Waals surface area contributed by atoms with Crippen LogP contribution in [0.15, 0.2) is 0 Å². The Morgan fingerprint density at radius 3 is 2.11 bits per heavy atom. The minimum atomic E-state index is -0.921. The molecule has 0 aliphatic rings. The predicted molar refractivity (Wildman–Crippen MR) is 35.7 cm³/mol. The molecule has 0 aromatic carbocycles. The molecule has 9 heavy (non-hydrogen) atoms. The van der Waals surface area contributed by atoms with Gasteiger partial charge in [-0.25, -0.2) is 0 Å². The minimum absolute atomic E-state index is 0. The zero-order chi connectivity index (χ0) is 6.57. The van der Waals surface area contributed by atoms with Gasteiger partial charge in [-0.05, 0) is 6.42 Å². The molecule has 0 saturated carbocycles. The van der Waals surface area contributed by atoms with Gasteiger partial charge >= 0.3 is 35.5 Å². The van der Waals surface area contributed by atoms with Crippen molar-refractivity contribution < 1.29 is 15.0 Å². The van der Waals surface area contributed by atoms with Gasteiger partial charge in [-0.2, -0.15) is 0 Å². The summed E-state index contributed by atoms with van der Waals surface area (Å²) < 4.78 is 0. The molecular formula is C5H11NaO3. The molecule has 0 aliphatic heterocycles. The number of carbonyl (C=O) groups is 1. The summed E-state index contributed by atoms with van der Waals surface area (Å²) in [5.41, 5.74) is 0. The number of carboxylic acids is 1. The Morgan fingerprint density at radius 2 is 2.11 bits per heavy atom. The summed E-state index contributed by atoms with van der Waals surface area (Å²) in [6, 6.07) is 0. The van der Waals surface area contributed by atoms with E-state index in [1.165, 1.54) is 0 Å². The number of hydrogen-bond acceptors (Lipinski definition) is 2. The van der Waals surface area contributed by atoms with E-state index < -0.39 is 11.9 Å². The van der Waals surface area contributed by atoms with Crippen LogP contribution in [0.3, 0.4) is 0 Å². The summed E-state index contributed by atoms with van der Waals surface area (Å²) in [5.74, 6) is -1.50. The standard InChI is InChI=1S/C5H10O3.Na.H/c1-2-4(3-6)5(7)8;;/h4,6H,2-3H2,1H3,(H,7,8);;. The molecule has 0 heterocycles. The summed E-state index contributed by atoms with van der Waals surface area (Å²) >= 11 is 0. The fourth-order valence-corrected chi connectivity index (χ4v) is 0.382. The number of carboxylic acid groups (broad SMARTS) is 1. The quantitative estimate of drug-likeness (QED) is 0.519. The molecule has 0 rings (SSSR count). The third-order valence-corrected chi connectivity index (χ3v) is 1.06. The van der Waals surface area contributed by atoms with Gasteiger partial charge in [-0.15, -0.1) is 0 Å². The van der Waals surface area contributed by atoms with Crippen LogP contribution in [0.1, 0.15) is 13.3 Å². The van der Waals surface area contributed by atoms with Crippen LogP contribution in [0.5, 0.6) is 0 Å². The van der Waals surface area contributed by atoms with Gasteiger partial charge in [0.2, 0.25) is 0 Å². The van der Waals surface area contributed by atoms with E-state index in [0.29, 0.717) is 6.42 Å². The van der Waals surface area contributed by atoms with Crippen LogP contribution in [0.2, 0.25) is 0 Å². The van der Waals surface area contributed by atoms with Crippen molar-refractivity contribution in [3.63, 3.8) is 0 Å². The van der Waals surface area contributed by atoms with Gasteiger partial charge in [0.05, 0.1) is 12.5 Å². The molecule has 0 amide bonds. The van der Waals surface area contributed by atoms with Crippen molar-refractivity contribution >= 4 is 35.5 Å². The van der Waals surface area contributed by atoms with E-state index in [9.17, 15) is 4.79 Å². The predicted octanol–water partition coefficient (Wildman–Crippen LogP) is -0.559. The molecule has 4 heteroatoms. The van der Waals surface area contributed by atoms with E-state index in [1.54, 1.807) is 6.92 Å². The number of aliphatic hydroxyl groups is 1. The Hall–Kier alpha value is 0.430. The number of aliphatic carboxylic acids is 1. The third-order valence-electron chi connectivity index (χ3n) is 1.06. The molecule has 50 valence electrons. The average Bonchev–Trinajstić information content (AvgIpc) is 1.69. The van der Waals surface area contributed by atoms with Crippen LogP contribution in [0.4, 0.5) is 0 Å². The number of rotatable bonds is 3. The van der Waals surface area contributed by atoms with Crippen molar-refractivity contribution in [3.8, 4) is 0 Å². The summed E-state index contributed by atoms with van der Waals surface area (Å²) in [6.07, 6.45) is 0.492. The maximum absolute atomic E-state index is 10.0. The van der Waals surface area contributed by atoms with Gasteiger partial charge in [-0.1, -0.05) is 6.92 Å². The summed E-state index contributed by atoms with van der Waals surface area (Å²) in [4.78, 5) is 10.0. The van der Waals surface area contributed by atoms with E-state index in [1.807, 2.05) is 0 Å². The average molecular weight is 142 g/mol. The van der Waals surface area contributed by atoms with Crippen molar-refractivity contribution in [3.05, 3.63) is 0 Å². The van der Waals surface area contributed by atoms with Gasteiger partial charge in [-0.3, -0.25) is 4.79 Å². The zero-order valence-electron chi connectivity index (χ0n) is 4.79. The van der Waals surface area contributed by atoms with Crippen LogP contribution in [-0.2, 0) is 4.79 Å². The third kappa shape index (κ3) is 4.90. The van der Waals surface area contributed by atoms with Gasteiger partial charge in [0.15, 0.2) is 0 Å². The first kappa shape index (κ1) is 12.1. The topological polar surface area (TPSA) is 57.5 Å². The van der Waals surface area contributed by atoms with Crippen LogP contribution in [0.25, 0.3) is 0 Å². The van der Waals surface area contributed by atoms with Gasteiger partial charge in [0.25, 0.3) is 0 Å². The van der Waals surface area contributed by atoms with Crippen LogP contribution < -0.4 is 0 Å². The maximum atomic E-state index is 10.0. The molecule has 2 N–H and O–H groups in total. The first-order valence-electron chi connectivity index (χ1n) is 2.56. The van der Waals surface area contributed by atoms with Crippen LogP contribution >= 0.6 is 0 Å². The Labute approximate surface area is 76.4 Å². The summed E-state index contributed by atoms with van der Waals surface area (Å²) in [7, 11) is 0. The van der Waals surface area contributed by atoms with Crippen molar-refractivity contribution in [1.82, 2.24) is 0 Å². The van der Waals surface area contributed by atoms with E-state index >= 15 is 0 Å². The first-order chi connectivity index (χ1) is 3.72. The second-order valence-corrected chi connectivity index (χ2v) is 1.63. The van der Waals surface area contributed by atoms with E-state index in [4.69, 9.17) is 10.2 Å². The normalized spacial score (nSPS) is 11.8. The molecule has 0 aliphatic carbocycles. The molecule has 1 atom stereocenters. The fourth-order valence-electron chi connectivity index (χ4n) is 0.382. The summed E-state index contributed by atoms with van der Waals surface area (Å²) in [6.45, 7) is 1.47. The SMILES string of the molecule is CCC(CO)C(=O)O.[NaH]. The van der Waals surface area contributed by atoms with Crippen molar-refractivity contribution in [1.29, 1.82) is 0 Å². The monoisotopic (exact) mass is 142 g/mol. The Bertz CT molecular complexity index is 80.3. The molecule has 0 saturated heterocycles. The number of hydrogen-bond donors (Lipinski definition) is 2. The fraction of sp³-hybridized carbons (Fsp3) is 0.800. The molecule has 3 nitrogen and oxygen atoms in total. The van der Waals surface area contributed by atoms with Gasteiger partial charge in [0.1, 0.15) is 0 Å². The van der Waals surface area contributed by atoms with Crippen LogP contribution in [0, 0.1) is 5.92 Å². The van der Waals surface area contributed by atoms with E-state index in [-0.39, 0.29) is 36.2 Å². The zero-order valence-corrected chi connectivity index (χ0v) is 4.79. The van der Waals surface area contributed by atoms with Crippen molar-refractivity contribution in [2.75, 3.05) is 6.61 Å². The van der Waals surface area contributed by atoms with Gasteiger partial charge in [0, 0.05) is 0 Å². The summed E-state index contributed by atoms with van der Waals surface area (Å²) in [5, 5.41) is 16.5. The molecule has 0 aromatic heterocycles. The second kappa shape index (κ2) is 6.55. The molecule has 0 aromatic rings. The van der Waals surface area contributed by atoms with Crippen LogP contribution in [-0.4, -0.2) is 52.3 Å². The molecule has 0 radical (unpaired) electrons. The molecule has 0 fully saturated rings. The molecular weight excluding hydrogens is 131 g/mol. The Kier molecular flexibility index (Phi) is 8.83. The van der Waals surface area contributed by atoms with E-state index in [2.05, 4.69) is 0 Å². The molecule has 0 bridgehead atoms. The van der Waals surface area contributed by atoms with Gasteiger partial charge < -0.3 is 10.2 Å². The first-order valence-corrected chi connectivity index (χ1v) is 2.56. The second-order valence-electron chi connectivity index (χ2n) is 1.63. The number of aliphatic hydroxyl groups excluding tert-OH is 1.